The third-order valence-corrected chi connectivity index (χ3v) is 4.12. The fourth-order valence-electron chi connectivity index (χ4n) is 2.22. The van der Waals surface area contributed by atoms with Crippen molar-refractivity contribution in [3.8, 4) is 0 Å². The van der Waals surface area contributed by atoms with E-state index in [1.165, 1.54) is 12.8 Å². The van der Waals surface area contributed by atoms with Crippen molar-refractivity contribution in [2.45, 2.75) is 62.3 Å². The molecular formula is C17H25Cl3N2O. The van der Waals surface area contributed by atoms with Crippen LogP contribution < -0.4 is 10.6 Å². The molecule has 1 amide bonds. The van der Waals surface area contributed by atoms with Gasteiger partial charge in [0.15, 0.2) is 0 Å². The lowest BCUT2D eigenvalue weighted by Crippen LogP contribution is -2.49. The Morgan fingerprint density at radius 1 is 1.17 bits per heavy atom. The second-order valence-electron chi connectivity index (χ2n) is 5.72. The van der Waals surface area contributed by atoms with E-state index in [1.54, 1.807) is 0 Å². The molecule has 23 heavy (non-hydrogen) atoms. The number of hydrogen-bond acceptors (Lipinski definition) is 2. The maximum Gasteiger partial charge on any atom is 0.228 e. The highest BCUT2D eigenvalue weighted by Gasteiger charge is 2.33. The number of amides is 1. The number of nitrogens with one attached hydrogen (secondary N) is 2. The first-order chi connectivity index (χ1) is 10.8. The van der Waals surface area contributed by atoms with Crippen molar-refractivity contribution < 1.29 is 4.79 Å². The van der Waals surface area contributed by atoms with Crippen LogP contribution in [-0.2, 0) is 4.79 Å². The van der Waals surface area contributed by atoms with Gasteiger partial charge in [-0.1, -0.05) is 79.5 Å². The van der Waals surface area contributed by atoms with E-state index in [9.17, 15) is 4.79 Å². The topological polar surface area (TPSA) is 41.1 Å². The molecule has 1 atom stereocenters. The number of unbranched alkanes of at least 4 members (excludes halogenated alkanes) is 4. The van der Waals surface area contributed by atoms with Gasteiger partial charge in [-0.2, -0.15) is 0 Å². The van der Waals surface area contributed by atoms with Crippen molar-refractivity contribution in [2.24, 2.45) is 0 Å². The number of rotatable bonds is 9. The molecule has 0 radical (unpaired) electrons. The fourth-order valence-corrected chi connectivity index (χ4v) is 2.55. The monoisotopic (exact) mass is 378 g/mol. The van der Waals surface area contributed by atoms with Gasteiger partial charge >= 0.3 is 0 Å². The van der Waals surface area contributed by atoms with E-state index in [0.29, 0.717) is 6.42 Å². The second-order valence-corrected chi connectivity index (χ2v) is 8.09. The SMILES string of the molecule is CCCCCCCC(=O)N[C@@H](Nc1cccc(C)c1)C(Cl)(Cl)Cl. The van der Waals surface area contributed by atoms with Crippen molar-refractivity contribution in [3.63, 3.8) is 0 Å². The van der Waals surface area contributed by atoms with Crippen molar-refractivity contribution in [3.05, 3.63) is 29.8 Å². The number of hydrogen-bond donors (Lipinski definition) is 2. The molecule has 1 aromatic rings. The molecule has 0 spiro atoms. The van der Waals surface area contributed by atoms with Crippen LogP contribution in [0.1, 0.15) is 51.0 Å². The Bertz CT molecular complexity index is 489. The predicted molar refractivity (Wildman–Crippen MR) is 100 cm³/mol. The van der Waals surface area contributed by atoms with Crippen LogP contribution in [0.25, 0.3) is 0 Å². The highest BCUT2D eigenvalue weighted by atomic mass is 35.6. The summed E-state index contributed by atoms with van der Waals surface area (Å²) in [6.07, 6.45) is 5.09. The van der Waals surface area contributed by atoms with Crippen LogP contribution in [-0.4, -0.2) is 15.9 Å². The summed E-state index contributed by atoms with van der Waals surface area (Å²) in [7, 11) is 0. The van der Waals surface area contributed by atoms with Crippen LogP contribution >= 0.6 is 34.8 Å². The van der Waals surface area contributed by atoms with E-state index < -0.39 is 9.96 Å². The first-order valence-electron chi connectivity index (χ1n) is 8.02. The van der Waals surface area contributed by atoms with Crippen LogP contribution in [0.5, 0.6) is 0 Å². The Labute approximate surface area is 154 Å². The van der Waals surface area contributed by atoms with E-state index in [4.69, 9.17) is 34.8 Å². The zero-order valence-corrected chi connectivity index (χ0v) is 15.9. The average molecular weight is 380 g/mol. The van der Waals surface area contributed by atoms with Crippen LogP contribution in [0.4, 0.5) is 5.69 Å². The average Bonchev–Trinajstić information content (AvgIpc) is 2.45. The van der Waals surface area contributed by atoms with Gasteiger partial charge < -0.3 is 10.6 Å². The third-order valence-electron chi connectivity index (χ3n) is 3.47. The molecule has 0 aliphatic rings. The molecule has 0 fully saturated rings. The largest absolute Gasteiger partial charge is 0.362 e. The Balaban J connectivity index is 2.53. The van der Waals surface area contributed by atoms with Gasteiger partial charge in [-0.25, -0.2) is 0 Å². The summed E-state index contributed by atoms with van der Waals surface area (Å²) >= 11 is 18.0. The van der Waals surface area contributed by atoms with E-state index in [2.05, 4.69) is 17.6 Å². The molecule has 0 aliphatic heterocycles. The third kappa shape index (κ3) is 8.69. The molecule has 3 nitrogen and oxygen atoms in total. The lowest BCUT2D eigenvalue weighted by molar-refractivity contribution is -0.121. The fraction of sp³-hybridized carbons (Fsp3) is 0.588. The molecule has 0 aliphatic carbocycles. The Hall–Kier alpha value is -0.640. The normalized spacial score (nSPS) is 12.7. The van der Waals surface area contributed by atoms with Gasteiger partial charge in [0.1, 0.15) is 6.17 Å². The lowest BCUT2D eigenvalue weighted by Gasteiger charge is -2.27. The summed E-state index contributed by atoms with van der Waals surface area (Å²) in [5, 5.41) is 5.84. The molecule has 0 heterocycles. The molecule has 130 valence electrons. The Kier molecular flexibility index (Phi) is 9.11. The van der Waals surface area contributed by atoms with E-state index >= 15 is 0 Å². The smallest absolute Gasteiger partial charge is 0.228 e. The van der Waals surface area contributed by atoms with Crippen molar-refractivity contribution in [1.29, 1.82) is 0 Å². The van der Waals surface area contributed by atoms with Crippen LogP contribution in [0.3, 0.4) is 0 Å². The maximum absolute atomic E-state index is 12.1. The predicted octanol–water partition coefficient (Wildman–Crippen LogP) is 5.58. The minimum Gasteiger partial charge on any atom is -0.362 e. The minimum absolute atomic E-state index is 0.113. The first-order valence-corrected chi connectivity index (χ1v) is 9.15. The molecule has 1 aromatic carbocycles. The zero-order chi connectivity index (χ0) is 17.3. The lowest BCUT2D eigenvalue weighted by atomic mass is 10.1. The van der Waals surface area contributed by atoms with Gasteiger partial charge in [0.05, 0.1) is 0 Å². The summed E-state index contributed by atoms with van der Waals surface area (Å²) in [4.78, 5) is 12.1. The molecule has 0 aromatic heterocycles. The summed E-state index contributed by atoms with van der Waals surface area (Å²) < 4.78 is -1.64. The van der Waals surface area contributed by atoms with Crippen LogP contribution in [0, 0.1) is 6.92 Å². The van der Waals surface area contributed by atoms with Gasteiger partial charge in [0.2, 0.25) is 9.70 Å². The second kappa shape index (κ2) is 10.3. The summed E-state index contributed by atoms with van der Waals surface area (Å²) in [6, 6.07) is 7.68. The van der Waals surface area contributed by atoms with Gasteiger partial charge in [0, 0.05) is 12.1 Å². The van der Waals surface area contributed by atoms with Crippen molar-refractivity contribution >= 4 is 46.4 Å². The zero-order valence-electron chi connectivity index (χ0n) is 13.7. The number of carbonyl (C=O) groups excluding carboxylic acids is 1. The van der Waals surface area contributed by atoms with Gasteiger partial charge in [0.25, 0.3) is 0 Å². The Morgan fingerprint density at radius 3 is 2.48 bits per heavy atom. The molecular weight excluding hydrogens is 355 g/mol. The van der Waals surface area contributed by atoms with Crippen LogP contribution in [0.2, 0.25) is 0 Å². The van der Waals surface area contributed by atoms with Crippen LogP contribution in [0.15, 0.2) is 24.3 Å². The van der Waals surface area contributed by atoms with E-state index in [-0.39, 0.29) is 5.91 Å². The highest BCUT2D eigenvalue weighted by molar-refractivity contribution is 6.68. The first kappa shape index (κ1) is 20.4. The van der Waals surface area contributed by atoms with Gasteiger partial charge in [-0.05, 0) is 31.0 Å². The molecule has 1 rings (SSSR count). The number of benzene rings is 1. The minimum atomic E-state index is -1.64. The van der Waals surface area contributed by atoms with Crippen molar-refractivity contribution in [2.75, 3.05) is 5.32 Å². The maximum atomic E-state index is 12.1. The highest BCUT2D eigenvalue weighted by Crippen LogP contribution is 2.31. The number of anilines is 1. The molecule has 0 unspecified atom stereocenters. The molecule has 0 saturated carbocycles. The number of halogens is 3. The van der Waals surface area contributed by atoms with E-state index in [0.717, 1.165) is 30.5 Å². The number of alkyl halides is 3. The number of carbonyl (C=O) groups is 1. The standard InChI is InChI=1S/C17H25Cl3N2O/c1-3-4-5-6-7-11-15(23)22-16(17(18,19)20)21-14-10-8-9-13(2)12-14/h8-10,12,16,21H,3-7,11H2,1-2H3,(H,22,23)/t16-/m1/s1. The Morgan fingerprint density at radius 2 is 1.87 bits per heavy atom. The molecule has 6 heteroatoms. The summed E-state index contributed by atoms with van der Waals surface area (Å²) in [6.45, 7) is 4.14. The van der Waals surface area contributed by atoms with Crippen molar-refractivity contribution in [1.82, 2.24) is 5.32 Å². The molecule has 0 saturated heterocycles. The van der Waals surface area contributed by atoms with Gasteiger partial charge in [-0.15, -0.1) is 0 Å². The number of aryl methyl sites for hydroxylation is 1. The summed E-state index contributed by atoms with van der Waals surface area (Å²) in [5.74, 6) is -0.113. The quantitative estimate of drug-likeness (QED) is 0.334. The van der Waals surface area contributed by atoms with Gasteiger partial charge in [-0.3, -0.25) is 4.79 Å². The molecule has 2 N–H and O–H groups in total. The summed E-state index contributed by atoms with van der Waals surface area (Å²) in [5.41, 5.74) is 1.88. The molecule has 0 bridgehead atoms. The van der Waals surface area contributed by atoms with E-state index in [1.807, 2.05) is 31.2 Å².